The Labute approximate surface area is 245 Å². The smallest absolute Gasteiger partial charge is 0.241 e. The standard InChI is InChI=1S/C33H36F2N6O/c1-21-15-40(28(14-37-21)18-39-16-25-5-4-22(12-36)8-26(25)17-39)19-31(42)41-20-33(2,3)32-30(41)10-23(13-38-32)9-24-6-7-27(34)11-29(24)35/h4-8,10-11,13,21,28,37H,9,14-20H2,1-3H3/t21-,28-/m1/s1. The maximum Gasteiger partial charge on any atom is 0.241 e. The summed E-state index contributed by atoms with van der Waals surface area (Å²) in [5.74, 6) is -1.17. The van der Waals surface area contributed by atoms with Gasteiger partial charge in [-0.3, -0.25) is 19.6 Å². The topological polar surface area (TPSA) is 75.5 Å². The van der Waals surface area contributed by atoms with Gasteiger partial charge in [-0.2, -0.15) is 5.26 Å². The van der Waals surface area contributed by atoms with E-state index in [9.17, 15) is 18.8 Å². The van der Waals surface area contributed by atoms with Crippen molar-refractivity contribution in [3.05, 3.63) is 93.8 Å². The van der Waals surface area contributed by atoms with Gasteiger partial charge in [-0.1, -0.05) is 26.0 Å². The van der Waals surface area contributed by atoms with E-state index in [1.165, 1.54) is 23.3 Å². The molecule has 0 radical (unpaired) electrons. The molecule has 7 nitrogen and oxygen atoms in total. The van der Waals surface area contributed by atoms with Crippen LogP contribution in [0.2, 0.25) is 0 Å². The molecule has 1 N–H and O–H groups in total. The lowest BCUT2D eigenvalue weighted by Crippen LogP contribution is -2.60. The summed E-state index contributed by atoms with van der Waals surface area (Å²) in [6, 6.07) is 14.1. The van der Waals surface area contributed by atoms with Crippen LogP contribution < -0.4 is 10.2 Å². The highest BCUT2D eigenvalue weighted by Gasteiger charge is 2.41. The molecule has 4 heterocycles. The van der Waals surface area contributed by atoms with E-state index in [-0.39, 0.29) is 29.8 Å². The minimum absolute atomic E-state index is 0.0243. The molecule has 1 fully saturated rings. The van der Waals surface area contributed by atoms with Crippen LogP contribution >= 0.6 is 0 Å². The summed E-state index contributed by atoms with van der Waals surface area (Å²) >= 11 is 0. The monoisotopic (exact) mass is 570 g/mol. The number of pyridine rings is 1. The number of nitrogens with one attached hydrogen (secondary N) is 1. The number of rotatable bonds is 6. The Morgan fingerprint density at radius 1 is 1.14 bits per heavy atom. The first-order valence-corrected chi connectivity index (χ1v) is 14.5. The number of piperazine rings is 1. The molecule has 6 rings (SSSR count). The Morgan fingerprint density at radius 3 is 2.74 bits per heavy atom. The van der Waals surface area contributed by atoms with Crippen molar-refractivity contribution in [3.8, 4) is 6.07 Å². The summed E-state index contributed by atoms with van der Waals surface area (Å²) in [6.07, 6.45) is 2.00. The first-order chi connectivity index (χ1) is 20.1. The highest BCUT2D eigenvalue weighted by atomic mass is 19.1. The highest BCUT2D eigenvalue weighted by Crippen LogP contribution is 2.40. The van der Waals surface area contributed by atoms with Crippen molar-refractivity contribution in [2.24, 2.45) is 0 Å². The van der Waals surface area contributed by atoms with Crippen LogP contribution in [-0.4, -0.2) is 65.5 Å². The van der Waals surface area contributed by atoms with Gasteiger partial charge in [0.1, 0.15) is 11.6 Å². The van der Waals surface area contributed by atoms with Crippen molar-refractivity contribution in [2.75, 3.05) is 37.6 Å². The zero-order valence-corrected chi connectivity index (χ0v) is 24.3. The molecule has 0 aliphatic carbocycles. The van der Waals surface area contributed by atoms with Gasteiger partial charge in [-0.15, -0.1) is 0 Å². The molecule has 0 bridgehead atoms. The lowest BCUT2D eigenvalue weighted by atomic mass is 9.91. The van der Waals surface area contributed by atoms with Crippen LogP contribution in [0.5, 0.6) is 0 Å². The minimum Gasteiger partial charge on any atom is -0.311 e. The Hall–Kier alpha value is -3.71. The summed E-state index contributed by atoms with van der Waals surface area (Å²) in [5, 5.41) is 12.9. The number of fused-ring (bicyclic) bond motifs is 2. The predicted octanol–water partition coefficient (Wildman–Crippen LogP) is 4.12. The second kappa shape index (κ2) is 11.2. The summed E-state index contributed by atoms with van der Waals surface area (Å²) in [5.41, 5.74) is 5.62. The third-order valence-electron chi connectivity index (χ3n) is 8.78. The van der Waals surface area contributed by atoms with Gasteiger partial charge in [0.05, 0.1) is 29.6 Å². The van der Waals surface area contributed by atoms with Crippen LogP contribution in [0.15, 0.2) is 48.7 Å². The minimum atomic E-state index is -0.607. The molecule has 1 aromatic heterocycles. The Kier molecular flexibility index (Phi) is 7.56. The molecule has 3 aromatic rings. The second-order valence-electron chi connectivity index (χ2n) is 12.6. The van der Waals surface area contributed by atoms with Crippen molar-refractivity contribution in [2.45, 2.75) is 57.8 Å². The van der Waals surface area contributed by atoms with E-state index in [4.69, 9.17) is 4.98 Å². The van der Waals surface area contributed by atoms with E-state index in [0.717, 1.165) is 55.7 Å². The molecule has 2 aromatic carbocycles. The van der Waals surface area contributed by atoms with Crippen molar-refractivity contribution < 1.29 is 13.6 Å². The Balaban J connectivity index is 1.18. The first-order valence-electron chi connectivity index (χ1n) is 14.5. The third kappa shape index (κ3) is 5.67. The van der Waals surface area contributed by atoms with Gasteiger partial charge in [0.15, 0.2) is 0 Å². The van der Waals surface area contributed by atoms with E-state index in [2.05, 4.69) is 48.0 Å². The summed E-state index contributed by atoms with van der Waals surface area (Å²) in [6.45, 7) is 11.2. The lowest BCUT2D eigenvalue weighted by molar-refractivity contribution is -0.120. The number of halogens is 2. The second-order valence-corrected chi connectivity index (χ2v) is 12.6. The zero-order chi connectivity index (χ0) is 29.6. The largest absolute Gasteiger partial charge is 0.311 e. The van der Waals surface area contributed by atoms with Gasteiger partial charge in [0.2, 0.25) is 5.91 Å². The molecular formula is C33H36F2N6O. The van der Waals surface area contributed by atoms with Crippen LogP contribution in [0.4, 0.5) is 14.5 Å². The Bertz CT molecular complexity index is 1570. The number of hydrogen-bond acceptors (Lipinski definition) is 6. The molecule has 0 saturated carbocycles. The van der Waals surface area contributed by atoms with E-state index in [1.807, 2.05) is 23.1 Å². The first kappa shape index (κ1) is 28.4. The van der Waals surface area contributed by atoms with Crippen LogP contribution in [0.25, 0.3) is 0 Å². The Morgan fingerprint density at radius 2 is 1.95 bits per heavy atom. The fourth-order valence-electron chi connectivity index (χ4n) is 6.61. The number of benzene rings is 2. The lowest BCUT2D eigenvalue weighted by Gasteiger charge is -2.41. The number of carbonyl (C=O) groups is 1. The van der Waals surface area contributed by atoms with E-state index in [0.29, 0.717) is 24.2 Å². The van der Waals surface area contributed by atoms with Gasteiger partial charge in [-0.05, 0) is 53.4 Å². The van der Waals surface area contributed by atoms with Gasteiger partial charge >= 0.3 is 0 Å². The van der Waals surface area contributed by atoms with Gasteiger partial charge in [0, 0.05) is 75.5 Å². The van der Waals surface area contributed by atoms with E-state index in [1.54, 1.807) is 6.20 Å². The summed E-state index contributed by atoms with van der Waals surface area (Å²) in [7, 11) is 0. The number of carbonyl (C=O) groups excluding carboxylic acids is 1. The number of nitriles is 1. The van der Waals surface area contributed by atoms with Crippen molar-refractivity contribution in [1.82, 2.24) is 20.1 Å². The molecule has 9 heteroatoms. The molecule has 1 amide bonds. The zero-order valence-electron chi connectivity index (χ0n) is 24.3. The fraction of sp³-hybridized carbons (Fsp3) is 0.424. The maximum atomic E-state index is 14.4. The molecule has 3 aliphatic rings. The van der Waals surface area contributed by atoms with Crippen molar-refractivity contribution in [3.63, 3.8) is 0 Å². The number of aromatic nitrogens is 1. The summed E-state index contributed by atoms with van der Waals surface area (Å²) < 4.78 is 27.8. The van der Waals surface area contributed by atoms with Crippen LogP contribution in [0, 0.1) is 23.0 Å². The number of hydrogen-bond donors (Lipinski definition) is 1. The third-order valence-corrected chi connectivity index (χ3v) is 8.78. The summed E-state index contributed by atoms with van der Waals surface area (Å²) in [4.78, 5) is 25.2. The van der Waals surface area contributed by atoms with Crippen LogP contribution in [0.1, 0.15) is 54.3 Å². The quantitative estimate of drug-likeness (QED) is 0.481. The van der Waals surface area contributed by atoms with Crippen LogP contribution in [0.3, 0.4) is 0 Å². The maximum absolute atomic E-state index is 14.4. The average Bonchev–Trinajstić information content (AvgIpc) is 3.48. The van der Waals surface area contributed by atoms with E-state index >= 15 is 0 Å². The SMILES string of the molecule is C[C@@H]1CN(CC(=O)N2CC(C)(C)c3ncc(Cc4ccc(F)cc4F)cc32)[C@@H](CN2Cc3ccc(C#N)cc3C2)CN1. The molecule has 2 atom stereocenters. The number of anilines is 1. The number of nitrogens with zero attached hydrogens (tertiary/aromatic N) is 5. The molecule has 0 unspecified atom stereocenters. The van der Waals surface area contributed by atoms with Gasteiger partial charge < -0.3 is 10.2 Å². The average molecular weight is 571 g/mol. The molecule has 1 saturated heterocycles. The normalized spacial score (nSPS) is 21.7. The fourth-order valence-corrected chi connectivity index (χ4v) is 6.61. The molecule has 0 spiro atoms. The van der Waals surface area contributed by atoms with E-state index < -0.39 is 11.6 Å². The van der Waals surface area contributed by atoms with Crippen LogP contribution in [-0.2, 0) is 29.7 Å². The molecule has 218 valence electrons. The molecular weight excluding hydrogens is 534 g/mol. The van der Waals surface area contributed by atoms with Crippen molar-refractivity contribution in [1.29, 1.82) is 5.26 Å². The highest BCUT2D eigenvalue weighted by molar-refractivity contribution is 5.97. The van der Waals surface area contributed by atoms with Gasteiger partial charge in [0.25, 0.3) is 0 Å². The van der Waals surface area contributed by atoms with Crippen molar-refractivity contribution >= 4 is 11.6 Å². The molecule has 42 heavy (non-hydrogen) atoms. The predicted molar refractivity (Wildman–Crippen MR) is 157 cm³/mol. The molecule has 3 aliphatic heterocycles. The number of amides is 1. The van der Waals surface area contributed by atoms with Gasteiger partial charge in [-0.25, -0.2) is 8.78 Å².